The summed E-state index contributed by atoms with van der Waals surface area (Å²) in [6.45, 7) is 0. The van der Waals surface area contributed by atoms with Crippen molar-refractivity contribution < 1.29 is 9.90 Å². The first-order valence-electron chi connectivity index (χ1n) is 7.56. The van der Waals surface area contributed by atoms with Crippen molar-refractivity contribution in [3.63, 3.8) is 0 Å². The monoisotopic (exact) mass is 293 g/mol. The van der Waals surface area contributed by atoms with Crippen molar-refractivity contribution in [1.29, 1.82) is 0 Å². The number of hydrogen-bond donors (Lipinski definition) is 2. The Balaban J connectivity index is 1.78. The van der Waals surface area contributed by atoms with Crippen LogP contribution in [0.2, 0.25) is 0 Å². The van der Waals surface area contributed by atoms with Crippen molar-refractivity contribution in [3.8, 4) is 0 Å². The van der Waals surface area contributed by atoms with Gasteiger partial charge in [0.25, 0.3) is 0 Å². The van der Waals surface area contributed by atoms with Crippen LogP contribution in [0, 0.1) is 0 Å². The van der Waals surface area contributed by atoms with Gasteiger partial charge in [-0.15, -0.1) is 0 Å². The summed E-state index contributed by atoms with van der Waals surface area (Å²) in [5.41, 5.74) is 3.48. The van der Waals surface area contributed by atoms with Gasteiger partial charge < -0.3 is 10.1 Å². The molecule has 0 radical (unpaired) electrons. The van der Waals surface area contributed by atoms with Gasteiger partial charge in [-0.2, -0.15) is 0 Å². The molecule has 3 aromatic rings. The van der Waals surface area contributed by atoms with Crippen LogP contribution in [0.15, 0.2) is 60.8 Å². The van der Waals surface area contributed by atoms with Crippen LogP contribution < -0.4 is 0 Å². The lowest BCUT2D eigenvalue weighted by Gasteiger charge is -2.15. The molecule has 0 saturated heterocycles. The summed E-state index contributed by atoms with van der Waals surface area (Å²) in [5, 5.41) is 10.4. The topological polar surface area (TPSA) is 53.1 Å². The number of carboxylic acid groups (broad SMARTS) is 1. The van der Waals surface area contributed by atoms with E-state index in [-0.39, 0.29) is 12.3 Å². The molecule has 1 atom stereocenters. The summed E-state index contributed by atoms with van der Waals surface area (Å²) in [4.78, 5) is 14.4. The van der Waals surface area contributed by atoms with E-state index in [1.54, 1.807) is 0 Å². The molecular weight excluding hydrogens is 274 g/mol. The maximum absolute atomic E-state index is 11.2. The van der Waals surface area contributed by atoms with E-state index >= 15 is 0 Å². The normalized spacial score (nSPS) is 12.4. The summed E-state index contributed by atoms with van der Waals surface area (Å²) in [5.74, 6) is -0.694. The first-order chi connectivity index (χ1) is 10.7. The van der Waals surface area contributed by atoms with E-state index in [2.05, 4.69) is 17.1 Å². The molecule has 3 nitrogen and oxygen atoms in total. The van der Waals surface area contributed by atoms with Crippen molar-refractivity contribution in [2.45, 2.75) is 25.2 Å². The van der Waals surface area contributed by atoms with E-state index < -0.39 is 5.97 Å². The molecule has 0 aliphatic heterocycles. The molecule has 0 unspecified atom stereocenters. The van der Waals surface area contributed by atoms with E-state index in [4.69, 9.17) is 5.11 Å². The predicted molar refractivity (Wildman–Crippen MR) is 88.1 cm³/mol. The van der Waals surface area contributed by atoms with Crippen LogP contribution in [0.3, 0.4) is 0 Å². The average Bonchev–Trinajstić information content (AvgIpc) is 2.95. The molecule has 0 aliphatic carbocycles. The third kappa shape index (κ3) is 3.19. The smallest absolute Gasteiger partial charge is 0.303 e. The van der Waals surface area contributed by atoms with Gasteiger partial charge in [0.15, 0.2) is 0 Å². The molecule has 112 valence electrons. The predicted octanol–water partition coefficient (Wildman–Crippen LogP) is 4.36. The standard InChI is InChI=1S/C19H19NO2/c21-19(22)12-15(14-6-2-1-3-7-14)10-11-16-13-20-18-9-5-4-8-17(16)18/h1-9,13,15,20H,10-12H2,(H,21,22)/t15-/m0/s1. The second-order valence-electron chi connectivity index (χ2n) is 5.60. The molecule has 0 fully saturated rings. The van der Waals surface area contributed by atoms with Crippen molar-refractivity contribution in [1.82, 2.24) is 4.98 Å². The number of aromatic amines is 1. The van der Waals surface area contributed by atoms with E-state index in [0.717, 1.165) is 23.9 Å². The molecule has 0 saturated carbocycles. The largest absolute Gasteiger partial charge is 0.481 e. The fourth-order valence-corrected chi connectivity index (χ4v) is 2.99. The highest BCUT2D eigenvalue weighted by Gasteiger charge is 2.16. The van der Waals surface area contributed by atoms with E-state index in [0.29, 0.717) is 0 Å². The number of H-pyrrole nitrogens is 1. The van der Waals surface area contributed by atoms with Crippen molar-refractivity contribution in [2.75, 3.05) is 0 Å². The molecule has 22 heavy (non-hydrogen) atoms. The van der Waals surface area contributed by atoms with Crippen LogP contribution in [0.1, 0.15) is 29.9 Å². The number of hydrogen-bond acceptors (Lipinski definition) is 1. The fraction of sp³-hybridized carbons (Fsp3) is 0.211. The van der Waals surface area contributed by atoms with Gasteiger partial charge in [-0.3, -0.25) is 4.79 Å². The number of carbonyl (C=O) groups is 1. The zero-order valence-electron chi connectivity index (χ0n) is 12.3. The summed E-state index contributed by atoms with van der Waals surface area (Å²) in [7, 11) is 0. The molecular formula is C19H19NO2. The number of aliphatic carboxylic acids is 1. The number of benzene rings is 2. The van der Waals surface area contributed by atoms with Crippen LogP contribution in [0.5, 0.6) is 0 Å². The molecule has 1 heterocycles. The molecule has 3 heteroatoms. The van der Waals surface area contributed by atoms with Crippen LogP contribution in [-0.4, -0.2) is 16.1 Å². The summed E-state index contributed by atoms with van der Waals surface area (Å²) in [6.07, 6.45) is 3.91. The molecule has 2 aromatic carbocycles. The minimum atomic E-state index is -0.743. The van der Waals surface area contributed by atoms with Crippen LogP contribution >= 0.6 is 0 Å². The second-order valence-corrected chi connectivity index (χ2v) is 5.60. The minimum Gasteiger partial charge on any atom is -0.481 e. The van der Waals surface area contributed by atoms with Crippen molar-refractivity contribution >= 4 is 16.9 Å². The highest BCUT2D eigenvalue weighted by Crippen LogP contribution is 2.27. The Hall–Kier alpha value is -2.55. The third-order valence-corrected chi connectivity index (χ3v) is 4.13. The lowest BCUT2D eigenvalue weighted by atomic mass is 9.89. The maximum Gasteiger partial charge on any atom is 0.303 e. The molecule has 0 bridgehead atoms. The Kier molecular flexibility index (Phi) is 4.24. The maximum atomic E-state index is 11.2. The Bertz CT molecular complexity index is 761. The highest BCUT2D eigenvalue weighted by atomic mass is 16.4. The van der Waals surface area contributed by atoms with E-state index in [1.165, 1.54) is 10.9 Å². The number of fused-ring (bicyclic) bond motifs is 1. The molecule has 1 aromatic heterocycles. The van der Waals surface area contributed by atoms with Gasteiger partial charge in [-0.1, -0.05) is 48.5 Å². The Morgan fingerprint density at radius 3 is 2.55 bits per heavy atom. The third-order valence-electron chi connectivity index (χ3n) is 4.13. The SMILES string of the molecule is O=C(O)C[C@H](CCc1c[nH]c2ccccc12)c1ccccc1. The number of aryl methyl sites for hydroxylation is 1. The second kappa shape index (κ2) is 6.48. The minimum absolute atomic E-state index is 0.0485. The van der Waals surface area contributed by atoms with Crippen LogP contribution in [-0.2, 0) is 11.2 Å². The Morgan fingerprint density at radius 1 is 1.05 bits per heavy atom. The number of nitrogens with one attached hydrogen (secondary N) is 1. The highest BCUT2D eigenvalue weighted by molar-refractivity contribution is 5.83. The van der Waals surface area contributed by atoms with Gasteiger partial charge in [0.1, 0.15) is 0 Å². The van der Waals surface area contributed by atoms with E-state index in [9.17, 15) is 4.79 Å². The van der Waals surface area contributed by atoms with Gasteiger partial charge in [0.2, 0.25) is 0 Å². The lowest BCUT2D eigenvalue weighted by molar-refractivity contribution is -0.137. The van der Waals surface area contributed by atoms with Gasteiger partial charge >= 0.3 is 5.97 Å². The molecule has 0 amide bonds. The quantitative estimate of drug-likeness (QED) is 0.709. The Labute approximate surface area is 129 Å². The van der Waals surface area contributed by atoms with Crippen molar-refractivity contribution in [2.24, 2.45) is 0 Å². The fourth-order valence-electron chi connectivity index (χ4n) is 2.99. The number of para-hydroxylation sites is 1. The molecule has 0 aliphatic rings. The number of rotatable bonds is 6. The zero-order chi connectivity index (χ0) is 15.4. The van der Waals surface area contributed by atoms with E-state index in [1.807, 2.05) is 48.7 Å². The van der Waals surface area contributed by atoms with Gasteiger partial charge in [-0.05, 0) is 36.0 Å². The first kappa shape index (κ1) is 14.4. The van der Waals surface area contributed by atoms with Crippen molar-refractivity contribution in [3.05, 3.63) is 71.9 Å². The van der Waals surface area contributed by atoms with Gasteiger partial charge in [-0.25, -0.2) is 0 Å². The summed E-state index contributed by atoms with van der Waals surface area (Å²) in [6, 6.07) is 18.1. The van der Waals surface area contributed by atoms with Crippen LogP contribution in [0.25, 0.3) is 10.9 Å². The van der Waals surface area contributed by atoms with Gasteiger partial charge in [0.05, 0.1) is 6.42 Å². The summed E-state index contributed by atoms with van der Waals surface area (Å²) >= 11 is 0. The first-order valence-corrected chi connectivity index (χ1v) is 7.56. The molecule has 2 N–H and O–H groups in total. The molecule has 0 spiro atoms. The van der Waals surface area contributed by atoms with Gasteiger partial charge in [0, 0.05) is 17.1 Å². The summed E-state index contributed by atoms with van der Waals surface area (Å²) < 4.78 is 0. The number of aromatic nitrogens is 1. The number of carboxylic acids is 1. The average molecular weight is 293 g/mol. The van der Waals surface area contributed by atoms with Crippen LogP contribution in [0.4, 0.5) is 0 Å². The zero-order valence-corrected chi connectivity index (χ0v) is 12.3. The Morgan fingerprint density at radius 2 is 1.77 bits per heavy atom. The lowest BCUT2D eigenvalue weighted by Crippen LogP contribution is -2.07. The molecule has 3 rings (SSSR count).